The molecule has 3 aromatic rings. The molecule has 0 amide bonds. The number of Topliss-reactive ketones (excluding diaryl/α,β-unsaturated/α-hetero) is 4. The van der Waals surface area contributed by atoms with E-state index in [1.807, 2.05) is 0 Å². The summed E-state index contributed by atoms with van der Waals surface area (Å²) in [4.78, 5) is 52.4. The Hall–Kier alpha value is -5.66. The molecule has 0 aromatic heterocycles. The van der Waals surface area contributed by atoms with Crippen LogP contribution in [0.4, 0.5) is 0 Å². The predicted molar refractivity (Wildman–Crippen MR) is 141 cm³/mol. The molecule has 0 heterocycles. The van der Waals surface area contributed by atoms with E-state index in [9.17, 15) is 90.7 Å². The Kier molecular flexibility index (Phi) is 9.13. The Morgan fingerprint density at radius 2 is 0.844 bits per heavy atom. The van der Waals surface area contributed by atoms with E-state index >= 15 is 0 Å². The fourth-order valence-electron chi connectivity index (χ4n) is 4.06. The maximum Gasteiger partial charge on any atom is 0.245 e. The van der Waals surface area contributed by atoms with Gasteiger partial charge in [-0.3, -0.25) is 19.2 Å². The van der Waals surface area contributed by atoms with E-state index in [-0.39, 0.29) is 0 Å². The average molecular weight is 636 g/mol. The summed E-state index contributed by atoms with van der Waals surface area (Å²) in [7, 11) is 0. The summed E-state index contributed by atoms with van der Waals surface area (Å²) in [5.41, 5.74) is -7.19. The third-order valence-corrected chi connectivity index (χ3v) is 6.61. The van der Waals surface area contributed by atoms with Gasteiger partial charge in [0.1, 0.15) is 24.4 Å². The Morgan fingerprint density at radius 1 is 0.511 bits per heavy atom. The molecule has 5 unspecified atom stereocenters. The van der Waals surface area contributed by atoms with Crippen LogP contribution in [-0.4, -0.2) is 125 Å². The van der Waals surface area contributed by atoms with Gasteiger partial charge in [0.15, 0.2) is 57.5 Å². The molecular weight excluding hydrogens is 612 g/mol. The maximum atomic E-state index is 13.4. The van der Waals surface area contributed by atoms with Crippen LogP contribution in [-0.2, 0) is 4.79 Å². The molecular formula is C27H24O18. The lowest BCUT2D eigenvalue weighted by Gasteiger charge is -2.35. The zero-order valence-corrected chi connectivity index (χ0v) is 22.2. The number of ketones is 4. The molecule has 0 aliphatic heterocycles. The Balaban J connectivity index is 2.11. The van der Waals surface area contributed by atoms with Crippen LogP contribution in [0.1, 0.15) is 31.1 Å². The number of carbonyl (C=O) groups is 4. The molecule has 14 N–H and O–H groups in total. The fraction of sp³-hybridized carbons (Fsp3) is 0.185. The van der Waals surface area contributed by atoms with Crippen LogP contribution in [0.3, 0.4) is 0 Å². The van der Waals surface area contributed by atoms with Gasteiger partial charge in [0, 0.05) is 16.7 Å². The third-order valence-electron chi connectivity index (χ3n) is 6.61. The smallest absolute Gasteiger partial charge is 0.245 e. The maximum absolute atomic E-state index is 13.4. The number of aliphatic hydroxyl groups excluding tert-OH is 4. The number of carbonyl (C=O) groups excluding carboxylic acids is 4. The molecule has 3 rings (SSSR count). The lowest BCUT2D eigenvalue weighted by molar-refractivity contribution is -0.162. The summed E-state index contributed by atoms with van der Waals surface area (Å²) in [6.45, 7) is 0. The highest BCUT2D eigenvalue weighted by Gasteiger charge is 2.57. The van der Waals surface area contributed by atoms with Crippen molar-refractivity contribution in [2.75, 3.05) is 0 Å². The van der Waals surface area contributed by atoms with Gasteiger partial charge in [-0.2, -0.15) is 0 Å². The van der Waals surface area contributed by atoms with E-state index in [4.69, 9.17) is 0 Å². The van der Waals surface area contributed by atoms with Crippen LogP contribution in [0.5, 0.6) is 51.7 Å². The summed E-state index contributed by atoms with van der Waals surface area (Å²) in [6, 6.07) is 2.42. The normalized spacial score (nSPS) is 15.3. The number of hydrogen-bond acceptors (Lipinski definition) is 18. The van der Waals surface area contributed by atoms with Crippen LogP contribution in [0, 0.1) is 0 Å². The van der Waals surface area contributed by atoms with Crippen molar-refractivity contribution in [2.45, 2.75) is 30.0 Å². The lowest BCUT2D eigenvalue weighted by atomic mass is 9.77. The zero-order valence-electron chi connectivity index (χ0n) is 22.2. The molecule has 18 nitrogen and oxygen atoms in total. The van der Waals surface area contributed by atoms with E-state index in [0.717, 1.165) is 0 Å². The first-order valence-corrected chi connectivity index (χ1v) is 12.1. The van der Waals surface area contributed by atoms with Crippen molar-refractivity contribution >= 4 is 23.1 Å². The van der Waals surface area contributed by atoms with Crippen LogP contribution in [0.2, 0.25) is 0 Å². The van der Waals surface area contributed by atoms with Crippen LogP contribution < -0.4 is 0 Å². The van der Waals surface area contributed by atoms with Gasteiger partial charge in [0.25, 0.3) is 0 Å². The van der Waals surface area contributed by atoms with Crippen molar-refractivity contribution in [3.05, 3.63) is 53.1 Å². The van der Waals surface area contributed by atoms with Crippen molar-refractivity contribution in [1.82, 2.24) is 0 Å². The molecule has 0 bridgehead atoms. The number of benzene rings is 3. The van der Waals surface area contributed by atoms with Gasteiger partial charge < -0.3 is 71.5 Å². The van der Waals surface area contributed by atoms with Gasteiger partial charge in [-0.05, 0) is 36.4 Å². The SMILES string of the molecule is O=C(C(=O)C(O)(C(=O)c1cc(O)c(O)c(O)c1)C(O)C(O)C(O)C(O)C(=O)c1cc(O)c(O)c(O)c1)c1cc(O)c(O)c(O)c1. The molecule has 0 saturated carbocycles. The van der Waals surface area contributed by atoms with E-state index in [2.05, 4.69) is 0 Å². The molecule has 3 aromatic carbocycles. The van der Waals surface area contributed by atoms with Crippen LogP contribution >= 0.6 is 0 Å². The van der Waals surface area contributed by atoms with Crippen molar-refractivity contribution in [2.24, 2.45) is 0 Å². The van der Waals surface area contributed by atoms with Crippen molar-refractivity contribution in [3.63, 3.8) is 0 Å². The minimum atomic E-state index is -4.26. The Labute approximate surface area is 249 Å². The van der Waals surface area contributed by atoms with Gasteiger partial charge in [-0.15, -0.1) is 0 Å². The summed E-state index contributed by atoms with van der Waals surface area (Å²) >= 11 is 0. The van der Waals surface area contributed by atoms with Crippen molar-refractivity contribution in [3.8, 4) is 51.7 Å². The number of aromatic hydroxyl groups is 9. The van der Waals surface area contributed by atoms with E-state index in [0.29, 0.717) is 36.4 Å². The Bertz CT molecular complexity index is 1640. The number of phenols is 9. The summed E-state index contributed by atoms with van der Waals surface area (Å²) in [5, 5.41) is 140. The molecule has 0 saturated heterocycles. The van der Waals surface area contributed by atoms with Gasteiger partial charge >= 0.3 is 0 Å². The van der Waals surface area contributed by atoms with Gasteiger partial charge in [-0.25, -0.2) is 0 Å². The second-order valence-corrected chi connectivity index (χ2v) is 9.58. The topological polar surface area (TPSA) is 352 Å². The standard InChI is InChI=1S/C27H24O18/c28-10-1-7(2-11(29)18(10)36)16(34)21(39)22(40)23(41)26(44)27(45,24(42)9-5-14(32)20(38)15(33)6-9)25(43)17(35)8-3-12(30)19(37)13(31)4-8/h1-6,21-23,26,28-33,36-41,44-45H. The summed E-state index contributed by atoms with van der Waals surface area (Å²) < 4.78 is 0. The van der Waals surface area contributed by atoms with Gasteiger partial charge in [0.2, 0.25) is 23.0 Å². The van der Waals surface area contributed by atoms with E-state index in [1.54, 1.807) is 0 Å². The number of hydrogen-bond donors (Lipinski definition) is 14. The molecule has 0 aliphatic rings. The first-order chi connectivity index (χ1) is 20.7. The first-order valence-electron chi connectivity index (χ1n) is 12.1. The predicted octanol–water partition coefficient (Wildman–Crippen LogP) is -2.27. The number of aliphatic hydroxyl groups is 5. The first kappa shape index (κ1) is 33.8. The lowest BCUT2D eigenvalue weighted by Crippen LogP contribution is -2.65. The molecule has 18 heteroatoms. The highest BCUT2D eigenvalue weighted by molar-refractivity contribution is 6.51. The molecule has 45 heavy (non-hydrogen) atoms. The van der Waals surface area contributed by atoms with Crippen LogP contribution in [0.25, 0.3) is 0 Å². The highest BCUT2D eigenvalue weighted by Crippen LogP contribution is 2.39. The minimum Gasteiger partial charge on any atom is -0.504 e. The third kappa shape index (κ3) is 5.94. The van der Waals surface area contributed by atoms with Gasteiger partial charge in [0.05, 0.1) is 0 Å². The quantitative estimate of drug-likeness (QED) is 0.0456. The number of phenolic OH excluding ortho intramolecular Hbond substituents is 9. The van der Waals surface area contributed by atoms with E-state index in [1.165, 1.54) is 0 Å². The molecule has 0 radical (unpaired) electrons. The number of rotatable bonds is 11. The second-order valence-electron chi connectivity index (χ2n) is 9.58. The molecule has 5 atom stereocenters. The van der Waals surface area contributed by atoms with Crippen LogP contribution in [0.15, 0.2) is 36.4 Å². The average Bonchev–Trinajstić information content (AvgIpc) is 3.00. The second kappa shape index (κ2) is 12.1. The highest BCUT2D eigenvalue weighted by atomic mass is 16.4. The van der Waals surface area contributed by atoms with Crippen molar-refractivity contribution < 1.29 is 90.7 Å². The fourth-order valence-corrected chi connectivity index (χ4v) is 4.06. The molecule has 0 fully saturated rings. The van der Waals surface area contributed by atoms with E-state index < -0.39 is 122 Å². The van der Waals surface area contributed by atoms with Crippen molar-refractivity contribution in [1.29, 1.82) is 0 Å². The summed E-state index contributed by atoms with van der Waals surface area (Å²) in [5.74, 6) is -18.5. The molecule has 0 spiro atoms. The molecule has 0 aliphatic carbocycles. The Morgan fingerprint density at radius 3 is 1.22 bits per heavy atom. The summed E-state index contributed by atoms with van der Waals surface area (Å²) in [6.07, 6.45) is -12.3. The molecule has 240 valence electrons. The minimum absolute atomic E-state index is 0.329. The monoisotopic (exact) mass is 636 g/mol. The zero-order chi connectivity index (χ0) is 34.3. The van der Waals surface area contributed by atoms with Gasteiger partial charge in [-0.1, -0.05) is 0 Å². The largest absolute Gasteiger partial charge is 0.504 e.